The first-order valence-electron chi connectivity index (χ1n) is 14.9. The molecule has 0 amide bonds. The van der Waals surface area contributed by atoms with Gasteiger partial charge in [-0.25, -0.2) is 8.78 Å². The molecule has 8 heteroatoms. The molecular weight excluding hydrogens is 570 g/mol. The highest BCUT2D eigenvalue weighted by atomic mass is 35.5. The number of rotatable bonds is 4. The van der Waals surface area contributed by atoms with Gasteiger partial charge < -0.3 is 19.3 Å². The zero-order chi connectivity index (χ0) is 29.3. The van der Waals surface area contributed by atoms with Gasteiger partial charge in [0.25, 0.3) is 0 Å². The van der Waals surface area contributed by atoms with Gasteiger partial charge in [-0.2, -0.15) is 0 Å². The van der Waals surface area contributed by atoms with Crippen LogP contribution in [-0.4, -0.2) is 36.2 Å². The maximum Gasteiger partial charge on any atom is 0.142 e. The number of benzene rings is 3. The Labute approximate surface area is 257 Å². The number of nitrogens with zero attached hydrogens (tertiary/aromatic N) is 1. The third kappa shape index (κ3) is 6.22. The van der Waals surface area contributed by atoms with Crippen molar-refractivity contribution < 1.29 is 22.7 Å². The van der Waals surface area contributed by atoms with Crippen LogP contribution in [0, 0.1) is 23.5 Å². The SMILES string of the molecule is CC1CN(Cc2ccccc2)CCC1(O)c1c(F)ccc2ccoc12.CC1CNCCC1c1c(F)ccc2ccoc12.Cl. The molecule has 43 heavy (non-hydrogen) atoms. The molecule has 4 heterocycles. The van der Waals surface area contributed by atoms with Crippen molar-refractivity contribution >= 4 is 34.3 Å². The molecule has 2 fully saturated rings. The summed E-state index contributed by atoms with van der Waals surface area (Å²) < 4.78 is 39.7. The minimum Gasteiger partial charge on any atom is -0.464 e. The van der Waals surface area contributed by atoms with Crippen molar-refractivity contribution in [3.63, 3.8) is 0 Å². The molecule has 2 aliphatic rings. The number of furan rings is 2. The van der Waals surface area contributed by atoms with Gasteiger partial charge in [-0.3, -0.25) is 4.90 Å². The molecule has 7 rings (SSSR count). The molecule has 0 aliphatic carbocycles. The highest BCUT2D eigenvalue weighted by molar-refractivity contribution is 5.85. The van der Waals surface area contributed by atoms with Crippen LogP contribution in [0.5, 0.6) is 0 Å². The molecule has 2 saturated heterocycles. The molecule has 4 atom stereocenters. The molecule has 4 unspecified atom stereocenters. The van der Waals surface area contributed by atoms with Gasteiger partial charge in [0.15, 0.2) is 0 Å². The lowest BCUT2D eigenvalue weighted by molar-refractivity contribution is -0.0744. The molecule has 0 saturated carbocycles. The standard InChI is InChI=1S/C21H22FNO2.C14H16FNO.ClH/c1-15-13-23(14-16-5-3-2-4-6-16)11-10-21(15,24)19-18(22)8-7-17-9-12-25-20(17)19;1-9-8-16-6-4-11(9)13-12(15)3-2-10-5-7-17-14(10)13;/h2-9,12,15,24H,10-11,13-14H2,1H3;2-3,5,7,9,11,16H,4,6,8H2,1H3;1H. The summed E-state index contributed by atoms with van der Waals surface area (Å²) in [6, 6.07) is 20.4. The van der Waals surface area contributed by atoms with Crippen LogP contribution in [0.25, 0.3) is 21.9 Å². The van der Waals surface area contributed by atoms with Crippen LogP contribution in [0.3, 0.4) is 0 Å². The fraction of sp³-hybridized carbons (Fsp3) is 0.371. The Morgan fingerprint density at radius 2 is 1.58 bits per heavy atom. The number of fused-ring (bicyclic) bond motifs is 2. The van der Waals surface area contributed by atoms with Gasteiger partial charge >= 0.3 is 0 Å². The van der Waals surface area contributed by atoms with E-state index < -0.39 is 11.4 Å². The maximum absolute atomic E-state index is 14.6. The first kappa shape index (κ1) is 31.2. The summed E-state index contributed by atoms with van der Waals surface area (Å²) in [7, 11) is 0. The van der Waals surface area contributed by atoms with E-state index in [1.165, 1.54) is 11.6 Å². The van der Waals surface area contributed by atoms with Gasteiger partial charge in [-0.15, -0.1) is 12.4 Å². The summed E-state index contributed by atoms with van der Waals surface area (Å²) in [6.45, 7) is 8.31. The lowest BCUT2D eigenvalue weighted by atomic mass is 9.76. The third-order valence-electron chi connectivity index (χ3n) is 9.17. The van der Waals surface area contributed by atoms with Crippen LogP contribution in [0.4, 0.5) is 8.78 Å². The summed E-state index contributed by atoms with van der Waals surface area (Å²) in [5.41, 5.74) is 2.30. The van der Waals surface area contributed by atoms with E-state index in [2.05, 4.69) is 29.3 Å². The number of hydrogen-bond acceptors (Lipinski definition) is 5. The first-order chi connectivity index (χ1) is 20.3. The van der Waals surface area contributed by atoms with E-state index in [4.69, 9.17) is 8.83 Å². The van der Waals surface area contributed by atoms with Crippen molar-refractivity contribution in [3.05, 3.63) is 108 Å². The molecule has 0 bridgehead atoms. The largest absolute Gasteiger partial charge is 0.464 e. The summed E-state index contributed by atoms with van der Waals surface area (Å²) in [5, 5.41) is 16.5. The van der Waals surface area contributed by atoms with Crippen molar-refractivity contribution in [1.29, 1.82) is 0 Å². The van der Waals surface area contributed by atoms with Gasteiger partial charge in [0.1, 0.15) is 28.4 Å². The number of hydrogen-bond donors (Lipinski definition) is 2. The quantitative estimate of drug-likeness (QED) is 0.216. The summed E-state index contributed by atoms with van der Waals surface area (Å²) in [5.74, 6) is 0.0646. The van der Waals surface area contributed by atoms with Crippen LogP contribution in [0.1, 0.15) is 49.3 Å². The Bertz CT molecular complexity index is 1660. The number of nitrogens with one attached hydrogen (secondary N) is 1. The second-order valence-corrected chi connectivity index (χ2v) is 11.9. The molecule has 2 aliphatic heterocycles. The Morgan fingerprint density at radius 3 is 2.28 bits per heavy atom. The van der Waals surface area contributed by atoms with Crippen molar-refractivity contribution in [1.82, 2.24) is 10.2 Å². The van der Waals surface area contributed by atoms with Crippen LogP contribution < -0.4 is 5.32 Å². The molecule has 0 spiro atoms. The first-order valence-corrected chi connectivity index (χ1v) is 14.9. The second kappa shape index (κ2) is 13.2. The van der Waals surface area contributed by atoms with Crippen LogP contribution >= 0.6 is 12.4 Å². The van der Waals surface area contributed by atoms with E-state index in [-0.39, 0.29) is 30.1 Å². The Morgan fingerprint density at radius 1 is 0.907 bits per heavy atom. The molecule has 5 nitrogen and oxygen atoms in total. The molecule has 2 N–H and O–H groups in total. The van der Waals surface area contributed by atoms with E-state index in [1.54, 1.807) is 36.8 Å². The van der Waals surface area contributed by atoms with Crippen LogP contribution in [-0.2, 0) is 12.1 Å². The lowest BCUT2D eigenvalue weighted by Gasteiger charge is -2.43. The van der Waals surface area contributed by atoms with Gasteiger partial charge in [0.2, 0.25) is 0 Å². The zero-order valence-electron chi connectivity index (χ0n) is 24.6. The average Bonchev–Trinajstić information content (AvgIpc) is 3.66. The van der Waals surface area contributed by atoms with E-state index >= 15 is 0 Å². The highest BCUT2D eigenvalue weighted by Gasteiger charge is 2.44. The molecular formula is C35H39ClF2N2O3. The molecule has 0 radical (unpaired) electrons. The smallest absolute Gasteiger partial charge is 0.142 e. The monoisotopic (exact) mass is 608 g/mol. The predicted octanol–water partition coefficient (Wildman–Crippen LogP) is 8.01. The Kier molecular flexibility index (Phi) is 9.57. The molecule has 2 aromatic heterocycles. The highest BCUT2D eigenvalue weighted by Crippen LogP contribution is 2.42. The van der Waals surface area contributed by atoms with Gasteiger partial charge in [-0.05, 0) is 79.7 Å². The van der Waals surface area contributed by atoms with Crippen LogP contribution in [0.2, 0.25) is 0 Å². The zero-order valence-corrected chi connectivity index (χ0v) is 25.4. The number of piperidine rings is 2. The summed E-state index contributed by atoms with van der Waals surface area (Å²) in [4.78, 5) is 2.31. The Hall–Kier alpha value is -3.23. The fourth-order valence-electron chi connectivity index (χ4n) is 6.79. The number of halogens is 3. The van der Waals surface area contributed by atoms with Crippen molar-refractivity contribution in [2.75, 3.05) is 26.2 Å². The predicted molar refractivity (Wildman–Crippen MR) is 168 cm³/mol. The minimum atomic E-state index is -1.21. The van der Waals surface area contributed by atoms with E-state index in [9.17, 15) is 13.9 Å². The minimum absolute atomic E-state index is 0. The lowest BCUT2D eigenvalue weighted by Crippen LogP contribution is -2.49. The van der Waals surface area contributed by atoms with Crippen LogP contribution in [0.15, 0.2) is 88.1 Å². The summed E-state index contributed by atoms with van der Waals surface area (Å²) >= 11 is 0. The second-order valence-electron chi connectivity index (χ2n) is 11.9. The van der Waals surface area contributed by atoms with E-state index in [1.807, 2.05) is 31.2 Å². The number of aliphatic hydroxyl groups is 1. The normalized spacial score (nSPS) is 24.3. The van der Waals surface area contributed by atoms with Gasteiger partial charge in [-0.1, -0.05) is 44.2 Å². The van der Waals surface area contributed by atoms with Crippen molar-refractivity contribution in [3.8, 4) is 0 Å². The molecule has 3 aromatic carbocycles. The maximum atomic E-state index is 14.6. The molecule has 5 aromatic rings. The average molecular weight is 609 g/mol. The third-order valence-corrected chi connectivity index (χ3v) is 9.17. The topological polar surface area (TPSA) is 61.8 Å². The Balaban J connectivity index is 0.000000179. The number of likely N-dealkylation sites (tertiary alicyclic amines) is 1. The van der Waals surface area contributed by atoms with Crippen molar-refractivity contribution in [2.24, 2.45) is 11.8 Å². The van der Waals surface area contributed by atoms with Gasteiger partial charge in [0, 0.05) is 41.9 Å². The van der Waals surface area contributed by atoms with E-state index in [0.29, 0.717) is 36.6 Å². The molecule has 228 valence electrons. The van der Waals surface area contributed by atoms with E-state index in [0.717, 1.165) is 48.0 Å². The fourth-order valence-corrected chi connectivity index (χ4v) is 6.79. The van der Waals surface area contributed by atoms with Gasteiger partial charge in [0.05, 0.1) is 18.1 Å². The van der Waals surface area contributed by atoms with Crippen molar-refractivity contribution in [2.45, 2.75) is 44.8 Å². The summed E-state index contributed by atoms with van der Waals surface area (Å²) in [6.07, 6.45) is 4.64.